The number of benzene rings is 1. The number of alkyl halides is 1. The first-order valence-electron chi connectivity index (χ1n) is 6.79. The normalized spacial score (nSPS) is 18.9. The minimum Gasteiger partial charge on any atom is -0.211 e. The molecule has 1 fully saturated rings. The molecule has 1 aromatic rings. The van der Waals surface area contributed by atoms with Crippen LogP contribution in [0, 0.1) is 11.2 Å². The fraction of sp³-hybridized carbons (Fsp3) is 0.571. The maximum atomic E-state index is 13.1. The average Bonchev–Trinajstić information content (AvgIpc) is 2.46. The van der Waals surface area contributed by atoms with Crippen LogP contribution < -0.4 is 4.72 Å². The van der Waals surface area contributed by atoms with Crippen LogP contribution in [-0.2, 0) is 10.0 Å². The highest BCUT2D eigenvalue weighted by molar-refractivity contribution is 9.09. The van der Waals surface area contributed by atoms with Gasteiger partial charge in [-0.25, -0.2) is 17.5 Å². The first-order valence-corrected chi connectivity index (χ1v) is 9.39. The third-order valence-corrected chi connectivity index (χ3v) is 6.53. The van der Waals surface area contributed by atoms with Crippen LogP contribution in [0.1, 0.15) is 32.1 Å². The second kappa shape index (κ2) is 6.54. The molecule has 0 radical (unpaired) electrons. The average molecular weight is 364 g/mol. The van der Waals surface area contributed by atoms with E-state index in [0.717, 1.165) is 37.1 Å². The summed E-state index contributed by atoms with van der Waals surface area (Å²) in [6.45, 7) is 0.400. The van der Waals surface area contributed by atoms with Gasteiger partial charge in [0, 0.05) is 11.9 Å². The van der Waals surface area contributed by atoms with Gasteiger partial charge in [0.05, 0.1) is 4.90 Å². The van der Waals surface area contributed by atoms with Crippen LogP contribution in [0.3, 0.4) is 0 Å². The highest BCUT2D eigenvalue weighted by Gasteiger charge is 2.32. The molecule has 0 atom stereocenters. The molecule has 1 aromatic carbocycles. The molecule has 0 spiro atoms. The van der Waals surface area contributed by atoms with Crippen molar-refractivity contribution in [1.29, 1.82) is 0 Å². The van der Waals surface area contributed by atoms with Gasteiger partial charge in [0.1, 0.15) is 5.82 Å². The van der Waals surface area contributed by atoms with Crippen molar-refractivity contribution in [2.24, 2.45) is 5.41 Å². The molecule has 0 heterocycles. The number of nitrogens with one attached hydrogen (secondary N) is 1. The van der Waals surface area contributed by atoms with Gasteiger partial charge in [-0.1, -0.05) is 41.3 Å². The molecule has 0 unspecified atom stereocenters. The predicted octanol–water partition coefficient (Wildman–Crippen LogP) is 3.45. The van der Waals surface area contributed by atoms with E-state index in [4.69, 9.17) is 0 Å². The second-order valence-corrected chi connectivity index (χ2v) is 7.80. The van der Waals surface area contributed by atoms with Gasteiger partial charge in [0.2, 0.25) is 10.0 Å². The molecule has 2 rings (SSSR count). The molecule has 1 aliphatic carbocycles. The summed E-state index contributed by atoms with van der Waals surface area (Å²) in [7, 11) is -3.64. The number of hydrogen-bond acceptors (Lipinski definition) is 2. The van der Waals surface area contributed by atoms with E-state index in [9.17, 15) is 12.8 Å². The molecule has 6 heteroatoms. The van der Waals surface area contributed by atoms with Crippen molar-refractivity contribution in [3.63, 3.8) is 0 Å². The van der Waals surface area contributed by atoms with Crippen molar-refractivity contribution in [2.45, 2.75) is 37.0 Å². The Morgan fingerprint density at radius 1 is 1.25 bits per heavy atom. The van der Waals surface area contributed by atoms with Crippen LogP contribution in [0.2, 0.25) is 0 Å². The summed E-state index contributed by atoms with van der Waals surface area (Å²) in [6.07, 6.45) is 5.51. The van der Waals surface area contributed by atoms with E-state index >= 15 is 0 Å². The molecular formula is C14H19BrFNO2S. The van der Waals surface area contributed by atoms with Gasteiger partial charge in [0.15, 0.2) is 0 Å². The molecule has 1 aliphatic rings. The Kier molecular flexibility index (Phi) is 5.20. The monoisotopic (exact) mass is 363 g/mol. The molecule has 0 amide bonds. The second-order valence-electron chi connectivity index (χ2n) is 5.48. The fourth-order valence-corrected chi connectivity index (χ4v) is 4.57. The summed E-state index contributed by atoms with van der Waals surface area (Å²) in [4.78, 5) is -0.0157. The van der Waals surface area contributed by atoms with Gasteiger partial charge in [0.25, 0.3) is 0 Å². The van der Waals surface area contributed by atoms with E-state index in [1.807, 2.05) is 0 Å². The Morgan fingerprint density at radius 2 is 1.95 bits per heavy atom. The zero-order valence-corrected chi connectivity index (χ0v) is 13.6. The highest BCUT2D eigenvalue weighted by atomic mass is 79.9. The highest BCUT2D eigenvalue weighted by Crippen LogP contribution is 2.37. The lowest BCUT2D eigenvalue weighted by Crippen LogP contribution is -2.40. The minimum atomic E-state index is -3.64. The Hall–Kier alpha value is -0.460. The van der Waals surface area contributed by atoms with Gasteiger partial charge in [-0.15, -0.1) is 0 Å². The lowest BCUT2D eigenvalue weighted by Gasteiger charge is -2.35. The summed E-state index contributed by atoms with van der Waals surface area (Å²) >= 11 is 3.51. The third kappa shape index (κ3) is 3.80. The van der Waals surface area contributed by atoms with Gasteiger partial charge in [-0.3, -0.25) is 0 Å². The molecule has 0 bridgehead atoms. The van der Waals surface area contributed by atoms with Gasteiger partial charge in [-0.2, -0.15) is 0 Å². The van der Waals surface area contributed by atoms with Crippen molar-refractivity contribution >= 4 is 26.0 Å². The Balaban J connectivity index is 2.08. The van der Waals surface area contributed by atoms with E-state index in [1.54, 1.807) is 0 Å². The predicted molar refractivity (Wildman–Crippen MR) is 80.9 cm³/mol. The lowest BCUT2D eigenvalue weighted by atomic mass is 9.76. The Morgan fingerprint density at radius 3 is 2.55 bits per heavy atom. The molecule has 1 N–H and O–H groups in total. The molecular weight excluding hydrogens is 345 g/mol. The van der Waals surface area contributed by atoms with Crippen LogP contribution in [0.5, 0.6) is 0 Å². The summed E-state index contributed by atoms with van der Waals surface area (Å²) in [5.74, 6) is -0.541. The Labute approximate surface area is 128 Å². The number of sulfonamides is 1. The van der Waals surface area contributed by atoms with Gasteiger partial charge < -0.3 is 0 Å². The first-order chi connectivity index (χ1) is 9.47. The van der Waals surface area contributed by atoms with Crippen molar-refractivity contribution in [1.82, 2.24) is 4.72 Å². The number of hydrogen-bond donors (Lipinski definition) is 1. The van der Waals surface area contributed by atoms with Crippen LogP contribution in [0.25, 0.3) is 0 Å². The van der Waals surface area contributed by atoms with Crippen LogP contribution >= 0.6 is 15.9 Å². The van der Waals surface area contributed by atoms with Crippen molar-refractivity contribution in [3.05, 3.63) is 30.1 Å². The molecule has 0 aromatic heterocycles. The molecule has 20 heavy (non-hydrogen) atoms. The zero-order valence-electron chi connectivity index (χ0n) is 11.2. The topological polar surface area (TPSA) is 46.2 Å². The van der Waals surface area contributed by atoms with E-state index < -0.39 is 15.8 Å². The SMILES string of the molecule is O=S(=O)(NCC1(CBr)CCCCC1)c1cccc(F)c1. The summed E-state index contributed by atoms with van der Waals surface area (Å²) in [5, 5.41) is 0.783. The van der Waals surface area contributed by atoms with Gasteiger partial charge in [-0.05, 0) is 36.5 Å². The maximum Gasteiger partial charge on any atom is 0.240 e. The molecule has 3 nitrogen and oxygen atoms in total. The molecule has 0 saturated heterocycles. The van der Waals surface area contributed by atoms with E-state index in [0.29, 0.717) is 6.54 Å². The number of halogens is 2. The zero-order chi connectivity index (χ0) is 14.6. The first kappa shape index (κ1) is 15.9. The van der Waals surface area contributed by atoms with Gasteiger partial charge >= 0.3 is 0 Å². The van der Waals surface area contributed by atoms with Crippen LogP contribution in [0.4, 0.5) is 4.39 Å². The maximum absolute atomic E-state index is 13.1. The lowest BCUT2D eigenvalue weighted by molar-refractivity contribution is 0.227. The smallest absolute Gasteiger partial charge is 0.211 e. The third-order valence-electron chi connectivity index (χ3n) is 3.94. The summed E-state index contributed by atoms with van der Waals surface area (Å²) < 4.78 is 40.2. The molecule has 112 valence electrons. The number of rotatable bonds is 5. The van der Waals surface area contributed by atoms with Crippen molar-refractivity contribution in [3.8, 4) is 0 Å². The Bertz CT molecular complexity index is 556. The fourth-order valence-electron chi connectivity index (χ4n) is 2.63. The quantitative estimate of drug-likeness (QED) is 0.814. The largest absolute Gasteiger partial charge is 0.240 e. The van der Waals surface area contributed by atoms with E-state index in [2.05, 4.69) is 20.7 Å². The minimum absolute atomic E-state index is 0.0152. The van der Waals surface area contributed by atoms with Crippen molar-refractivity contribution in [2.75, 3.05) is 11.9 Å². The standard InChI is InChI=1S/C14H19BrFNO2S/c15-10-14(7-2-1-3-8-14)11-17-20(18,19)13-6-4-5-12(16)9-13/h4-6,9,17H,1-3,7-8,10-11H2. The van der Waals surface area contributed by atoms with Crippen molar-refractivity contribution < 1.29 is 12.8 Å². The summed E-state index contributed by atoms with van der Waals surface area (Å²) in [6, 6.07) is 5.10. The molecule has 0 aliphatic heterocycles. The molecule has 1 saturated carbocycles. The summed E-state index contributed by atoms with van der Waals surface area (Å²) in [5.41, 5.74) is -0.0152. The van der Waals surface area contributed by atoms with E-state index in [-0.39, 0.29) is 10.3 Å². The van der Waals surface area contributed by atoms with Crippen LogP contribution in [-0.4, -0.2) is 20.3 Å². The van der Waals surface area contributed by atoms with E-state index in [1.165, 1.54) is 24.6 Å². The van der Waals surface area contributed by atoms with Crippen LogP contribution in [0.15, 0.2) is 29.2 Å².